The maximum Gasteiger partial charge on any atom is 0.409 e. The summed E-state index contributed by atoms with van der Waals surface area (Å²) in [7, 11) is 0. The molecule has 2 heterocycles. The summed E-state index contributed by atoms with van der Waals surface area (Å²) in [5.41, 5.74) is 2.79. The van der Waals surface area contributed by atoms with Crippen LogP contribution < -0.4 is 5.32 Å². The summed E-state index contributed by atoms with van der Waals surface area (Å²) in [6.45, 7) is 1.90. The lowest BCUT2D eigenvalue weighted by Crippen LogP contribution is -2.07. The number of carboxylic acid groups (broad SMARTS) is 1. The fourth-order valence-electron chi connectivity index (χ4n) is 2.24. The zero-order valence-corrected chi connectivity index (χ0v) is 14.3. The lowest BCUT2D eigenvalue weighted by Gasteiger charge is -2.07. The third kappa shape index (κ3) is 3.75. The number of aryl methyl sites for hydroxylation is 1. The molecule has 24 heavy (non-hydrogen) atoms. The molecular weight excluding hydrogens is 372 g/mol. The van der Waals surface area contributed by atoms with E-state index in [-0.39, 0.29) is 0 Å². The highest BCUT2D eigenvalue weighted by atomic mass is 79.9. The van der Waals surface area contributed by atoms with E-state index in [1.165, 1.54) is 0 Å². The average Bonchev–Trinajstić information content (AvgIpc) is 2.52. The standard InChI is InChI=1S/C17H13BrN4O2/c1-10-6-7-19-16(20-10)5-3-12-2-4-13-14(21-12)8-11(18)9-15(13)22-17(23)24/h2-9,22H,1H3,(H,23,24)/b5-3+. The number of hydrogen-bond acceptors (Lipinski definition) is 4. The molecule has 7 heteroatoms. The number of nitrogens with one attached hydrogen (secondary N) is 1. The van der Waals surface area contributed by atoms with Crippen LogP contribution in [0.5, 0.6) is 0 Å². The number of pyridine rings is 1. The van der Waals surface area contributed by atoms with Gasteiger partial charge in [-0.15, -0.1) is 0 Å². The van der Waals surface area contributed by atoms with Gasteiger partial charge in [-0.3, -0.25) is 5.32 Å². The van der Waals surface area contributed by atoms with Gasteiger partial charge < -0.3 is 5.11 Å². The number of nitrogens with zero attached hydrogens (tertiary/aromatic N) is 3. The minimum Gasteiger partial charge on any atom is -0.465 e. The molecular formula is C17H13BrN4O2. The number of rotatable bonds is 3. The topological polar surface area (TPSA) is 88.0 Å². The first-order valence-electron chi connectivity index (χ1n) is 7.09. The molecule has 2 N–H and O–H groups in total. The minimum atomic E-state index is -1.12. The Balaban J connectivity index is 1.98. The first-order valence-corrected chi connectivity index (χ1v) is 7.88. The highest BCUT2D eigenvalue weighted by Gasteiger charge is 2.07. The van der Waals surface area contributed by atoms with Crippen LogP contribution in [0, 0.1) is 6.92 Å². The summed E-state index contributed by atoms with van der Waals surface area (Å²) in [5.74, 6) is 0.611. The summed E-state index contributed by atoms with van der Waals surface area (Å²) < 4.78 is 0.745. The Kier molecular flexibility index (Phi) is 4.52. The first-order chi connectivity index (χ1) is 11.5. The molecule has 1 amide bonds. The summed E-state index contributed by atoms with van der Waals surface area (Å²) in [6, 6.07) is 9.02. The second kappa shape index (κ2) is 6.76. The van der Waals surface area contributed by atoms with Crippen LogP contribution in [0.1, 0.15) is 17.2 Å². The van der Waals surface area contributed by atoms with E-state index >= 15 is 0 Å². The van der Waals surface area contributed by atoms with Gasteiger partial charge in [0, 0.05) is 21.7 Å². The zero-order chi connectivity index (χ0) is 17.1. The number of aromatic nitrogens is 3. The fraction of sp³-hybridized carbons (Fsp3) is 0.0588. The van der Waals surface area contributed by atoms with Crippen molar-refractivity contribution in [1.82, 2.24) is 15.0 Å². The molecule has 0 saturated carbocycles. The second-order valence-electron chi connectivity index (χ2n) is 5.08. The summed E-state index contributed by atoms with van der Waals surface area (Å²) >= 11 is 3.37. The SMILES string of the molecule is Cc1ccnc(/C=C/c2ccc3c(NC(=O)O)cc(Br)cc3n2)n1. The zero-order valence-electron chi connectivity index (χ0n) is 12.7. The number of hydrogen-bond donors (Lipinski definition) is 2. The molecule has 0 saturated heterocycles. The molecule has 0 unspecified atom stereocenters. The van der Waals surface area contributed by atoms with Crippen LogP contribution in [0.15, 0.2) is 41.0 Å². The number of anilines is 1. The van der Waals surface area contributed by atoms with E-state index in [4.69, 9.17) is 5.11 Å². The fourth-order valence-corrected chi connectivity index (χ4v) is 2.68. The van der Waals surface area contributed by atoms with Gasteiger partial charge in [0.2, 0.25) is 0 Å². The number of fused-ring (bicyclic) bond motifs is 1. The molecule has 2 aromatic heterocycles. The van der Waals surface area contributed by atoms with E-state index in [9.17, 15) is 4.79 Å². The van der Waals surface area contributed by atoms with Crippen molar-refractivity contribution in [3.63, 3.8) is 0 Å². The van der Waals surface area contributed by atoms with Gasteiger partial charge in [-0.05, 0) is 49.4 Å². The quantitative estimate of drug-likeness (QED) is 0.700. The van der Waals surface area contributed by atoms with Gasteiger partial charge in [-0.1, -0.05) is 15.9 Å². The minimum absolute atomic E-state index is 0.483. The maximum absolute atomic E-state index is 10.9. The Morgan fingerprint density at radius 1 is 1.21 bits per heavy atom. The smallest absolute Gasteiger partial charge is 0.409 e. The van der Waals surface area contributed by atoms with Crippen LogP contribution >= 0.6 is 15.9 Å². The predicted molar refractivity (Wildman–Crippen MR) is 96.8 cm³/mol. The van der Waals surface area contributed by atoms with Crippen molar-refractivity contribution in [3.8, 4) is 0 Å². The van der Waals surface area contributed by atoms with E-state index in [0.29, 0.717) is 17.0 Å². The molecule has 6 nitrogen and oxygen atoms in total. The Morgan fingerprint density at radius 2 is 2.04 bits per heavy atom. The second-order valence-corrected chi connectivity index (χ2v) is 5.99. The lowest BCUT2D eigenvalue weighted by molar-refractivity contribution is 0.210. The van der Waals surface area contributed by atoms with Gasteiger partial charge in [0.1, 0.15) is 0 Å². The van der Waals surface area contributed by atoms with Gasteiger partial charge in [0.15, 0.2) is 5.82 Å². The first kappa shape index (κ1) is 16.1. The van der Waals surface area contributed by atoms with Gasteiger partial charge in [-0.2, -0.15) is 0 Å². The molecule has 0 spiro atoms. The van der Waals surface area contributed by atoms with Gasteiger partial charge >= 0.3 is 6.09 Å². The third-order valence-electron chi connectivity index (χ3n) is 3.25. The number of amides is 1. The summed E-state index contributed by atoms with van der Waals surface area (Å²) in [5, 5.41) is 12.0. The molecule has 0 aliphatic heterocycles. The molecule has 3 aromatic rings. The molecule has 0 fully saturated rings. The van der Waals surface area contributed by atoms with Crippen LogP contribution in [0.2, 0.25) is 0 Å². The van der Waals surface area contributed by atoms with Crippen molar-refractivity contribution in [3.05, 3.63) is 58.2 Å². The Bertz CT molecular complexity index is 956. The van der Waals surface area contributed by atoms with E-state index in [1.807, 2.05) is 37.3 Å². The van der Waals surface area contributed by atoms with Crippen molar-refractivity contribution in [2.24, 2.45) is 0 Å². The van der Waals surface area contributed by atoms with Crippen molar-refractivity contribution in [2.75, 3.05) is 5.32 Å². The molecule has 0 bridgehead atoms. The van der Waals surface area contributed by atoms with Gasteiger partial charge in [-0.25, -0.2) is 19.7 Å². The summed E-state index contributed by atoms with van der Waals surface area (Å²) in [4.78, 5) is 23.9. The molecule has 120 valence electrons. The maximum atomic E-state index is 10.9. The number of carbonyl (C=O) groups is 1. The Hall–Kier alpha value is -2.80. The molecule has 0 aliphatic carbocycles. The summed E-state index contributed by atoms with van der Waals surface area (Å²) in [6.07, 6.45) is 4.20. The normalized spacial score (nSPS) is 11.1. The molecule has 3 rings (SSSR count). The van der Waals surface area contributed by atoms with Crippen LogP contribution in [-0.4, -0.2) is 26.2 Å². The molecule has 0 aliphatic rings. The highest BCUT2D eigenvalue weighted by molar-refractivity contribution is 9.10. The van der Waals surface area contributed by atoms with E-state index in [2.05, 4.69) is 36.2 Å². The Morgan fingerprint density at radius 3 is 2.79 bits per heavy atom. The monoisotopic (exact) mass is 384 g/mol. The highest BCUT2D eigenvalue weighted by Crippen LogP contribution is 2.27. The molecule has 1 aromatic carbocycles. The van der Waals surface area contributed by atoms with Crippen LogP contribution in [-0.2, 0) is 0 Å². The van der Waals surface area contributed by atoms with E-state index in [1.54, 1.807) is 18.3 Å². The average molecular weight is 385 g/mol. The van der Waals surface area contributed by atoms with Gasteiger partial charge in [0.25, 0.3) is 0 Å². The van der Waals surface area contributed by atoms with E-state index in [0.717, 1.165) is 21.2 Å². The number of benzene rings is 1. The third-order valence-corrected chi connectivity index (χ3v) is 3.71. The van der Waals surface area contributed by atoms with Gasteiger partial charge in [0.05, 0.1) is 16.9 Å². The van der Waals surface area contributed by atoms with Crippen LogP contribution in [0.25, 0.3) is 23.1 Å². The molecule has 0 atom stereocenters. The van der Waals surface area contributed by atoms with Crippen molar-refractivity contribution in [1.29, 1.82) is 0 Å². The van der Waals surface area contributed by atoms with Crippen molar-refractivity contribution in [2.45, 2.75) is 6.92 Å². The van der Waals surface area contributed by atoms with Crippen LogP contribution in [0.3, 0.4) is 0 Å². The van der Waals surface area contributed by atoms with Crippen molar-refractivity contribution >= 4 is 50.8 Å². The lowest BCUT2D eigenvalue weighted by atomic mass is 10.1. The van der Waals surface area contributed by atoms with E-state index < -0.39 is 6.09 Å². The van der Waals surface area contributed by atoms with Crippen LogP contribution in [0.4, 0.5) is 10.5 Å². The van der Waals surface area contributed by atoms with Crippen molar-refractivity contribution < 1.29 is 9.90 Å². The Labute approximate surface area is 146 Å². The number of halogens is 1. The molecule has 0 radical (unpaired) electrons. The predicted octanol–water partition coefficient (Wildman–Crippen LogP) is 4.36. The largest absolute Gasteiger partial charge is 0.465 e.